The third-order valence-electron chi connectivity index (χ3n) is 4.62. The lowest BCUT2D eigenvalue weighted by Crippen LogP contribution is -2.34. The predicted octanol–water partition coefficient (Wildman–Crippen LogP) is 2.19. The first-order valence-electron chi connectivity index (χ1n) is 8.57. The van der Waals surface area contributed by atoms with Crippen LogP contribution < -0.4 is 0 Å². The summed E-state index contributed by atoms with van der Waals surface area (Å²) in [5.74, 6) is -1.70. The van der Waals surface area contributed by atoms with Crippen molar-refractivity contribution in [2.75, 3.05) is 6.61 Å². The van der Waals surface area contributed by atoms with E-state index in [4.69, 9.17) is 14.6 Å². The van der Waals surface area contributed by atoms with Crippen molar-refractivity contribution in [3.63, 3.8) is 0 Å². The molecule has 0 unspecified atom stereocenters. The van der Waals surface area contributed by atoms with E-state index >= 15 is 0 Å². The summed E-state index contributed by atoms with van der Waals surface area (Å²) >= 11 is 0. The number of hydrogen-bond acceptors (Lipinski definition) is 6. The summed E-state index contributed by atoms with van der Waals surface area (Å²) in [6.45, 7) is 6.98. The lowest BCUT2D eigenvalue weighted by atomic mass is 9.85. The second-order valence-electron chi connectivity index (χ2n) is 6.59. The molecule has 1 aliphatic heterocycles. The van der Waals surface area contributed by atoms with E-state index in [0.717, 1.165) is 18.3 Å². The highest BCUT2D eigenvalue weighted by Crippen LogP contribution is 2.36. The van der Waals surface area contributed by atoms with Crippen molar-refractivity contribution < 1.29 is 29.0 Å². The van der Waals surface area contributed by atoms with E-state index < -0.39 is 30.1 Å². The zero-order valence-electron chi connectivity index (χ0n) is 15.1. The summed E-state index contributed by atoms with van der Waals surface area (Å²) in [5.41, 5.74) is 2.01. The molecule has 0 amide bonds. The van der Waals surface area contributed by atoms with Gasteiger partial charge in [0.1, 0.15) is 18.5 Å². The van der Waals surface area contributed by atoms with Crippen LogP contribution in [0.25, 0.3) is 0 Å². The highest BCUT2D eigenvalue weighted by molar-refractivity contribution is 5.92. The normalized spacial score (nSPS) is 29.0. The molecular weight excluding hydrogens is 336 g/mol. The number of aliphatic hydroxyl groups is 1. The topological polar surface area (TPSA) is 89.9 Å². The van der Waals surface area contributed by atoms with Gasteiger partial charge in [-0.05, 0) is 44.4 Å². The average molecular weight is 360 g/mol. The molecule has 140 valence electrons. The minimum absolute atomic E-state index is 0.172. The van der Waals surface area contributed by atoms with Crippen molar-refractivity contribution in [3.8, 4) is 0 Å². The fourth-order valence-corrected chi connectivity index (χ4v) is 3.13. The Morgan fingerprint density at radius 1 is 1.50 bits per heavy atom. The zero-order valence-corrected chi connectivity index (χ0v) is 15.1. The average Bonchev–Trinajstić information content (AvgIpc) is 2.86. The maximum atomic E-state index is 12.3. The van der Waals surface area contributed by atoms with Crippen molar-refractivity contribution in [1.82, 2.24) is 0 Å². The lowest BCUT2D eigenvalue weighted by molar-refractivity contribution is -0.147. The molecule has 0 bridgehead atoms. The van der Waals surface area contributed by atoms with Gasteiger partial charge in [-0.1, -0.05) is 18.2 Å². The monoisotopic (exact) mass is 360 g/mol. The second-order valence-corrected chi connectivity index (χ2v) is 6.59. The Bertz CT molecular complexity index is 697. The molecule has 3 atom stereocenters. The molecule has 0 aromatic carbocycles. The number of esters is 2. The van der Waals surface area contributed by atoms with E-state index in [1.165, 1.54) is 13.0 Å². The van der Waals surface area contributed by atoms with E-state index in [1.807, 2.05) is 19.1 Å². The van der Waals surface area contributed by atoms with Crippen LogP contribution in [0.1, 0.15) is 33.1 Å². The number of allylic oxidation sites excluding steroid dienone is 2. The second kappa shape index (κ2) is 8.76. The number of aldehydes is 1. The molecule has 6 nitrogen and oxygen atoms in total. The Morgan fingerprint density at radius 3 is 2.88 bits per heavy atom. The van der Waals surface area contributed by atoms with Gasteiger partial charge in [-0.2, -0.15) is 0 Å². The molecule has 2 rings (SSSR count). The minimum Gasteiger partial charge on any atom is -0.458 e. The van der Waals surface area contributed by atoms with Crippen LogP contribution >= 0.6 is 0 Å². The van der Waals surface area contributed by atoms with Crippen molar-refractivity contribution in [3.05, 3.63) is 47.1 Å². The summed E-state index contributed by atoms with van der Waals surface area (Å²) in [5, 5.41) is 8.95. The molecule has 2 aliphatic rings. The fourth-order valence-electron chi connectivity index (χ4n) is 3.13. The Balaban J connectivity index is 2.40. The number of ether oxygens (including phenoxy) is 2. The van der Waals surface area contributed by atoms with Crippen LogP contribution in [0.5, 0.6) is 0 Å². The van der Waals surface area contributed by atoms with Crippen LogP contribution in [0.3, 0.4) is 0 Å². The number of fused-ring (bicyclic) bond motifs is 1. The smallest absolute Gasteiger partial charge is 0.334 e. The molecular formula is C20H24O6. The molecule has 0 saturated carbocycles. The first kappa shape index (κ1) is 19.8. The molecule has 0 radical (unpaired) electrons. The van der Waals surface area contributed by atoms with Gasteiger partial charge >= 0.3 is 11.9 Å². The minimum atomic E-state index is -0.771. The van der Waals surface area contributed by atoms with Crippen molar-refractivity contribution >= 4 is 18.2 Å². The van der Waals surface area contributed by atoms with Gasteiger partial charge in [0.2, 0.25) is 0 Å². The van der Waals surface area contributed by atoms with Crippen LogP contribution in [0.4, 0.5) is 0 Å². The van der Waals surface area contributed by atoms with Gasteiger partial charge in [-0.3, -0.25) is 4.79 Å². The van der Waals surface area contributed by atoms with E-state index in [2.05, 4.69) is 6.58 Å². The van der Waals surface area contributed by atoms with E-state index in [-0.39, 0.29) is 24.2 Å². The lowest BCUT2D eigenvalue weighted by Gasteiger charge is -2.27. The van der Waals surface area contributed by atoms with Gasteiger partial charge < -0.3 is 14.6 Å². The number of aliphatic hydroxyl groups excluding tert-OH is 1. The van der Waals surface area contributed by atoms with Gasteiger partial charge in [0.05, 0.1) is 12.5 Å². The molecule has 1 heterocycles. The number of carbonyl (C=O) groups is 3. The molecule has 0 spiro atoms. The third kappa shape index (κ3) is 4.58. The fraction of sp³-hybridized carbons (Fsp3) is 0.450. The SMILES string of the molecule is C=C1C(=O)O[C@@H]2C=C(C)CC/C=C(/C=O)C[C@@H](OC(=O)/C(C)=C/CO)[C@@H]12. The van der Waals surface area contributed by atoms with Crippen molar-refractivity contribution in [1.29, 1.82) is 0 Å². The van der Waals surface area contributed by atoms with Crippen LogP contribution in [0.2, 0.25) is 0 Å². The quantitative estimate of drug-likeness (QED) is 0.358. The summed E-state index contributed by atoms with van der Waals surface area (Å²) < 4.78 is 11.0. The third-order valence-corrected chi connectivity index (χ3v) is 4.62. The van der Waals surface area contributed by atoms with Crippen molar-refractivity contribution in [2.45, 2.75) is 45.3 Å². The van der Waals surface area contributed by atoms with Crippen molar-refractivity contribution in [2.24, 2.45) is 5.92 Å². The van der Waals surface area contributed by atoms with Crippen LogP contribution in [0.15, 0.2) is 47.1 Å². The molecule has 1 N–H and O–H groups in total. The van der Waals surface area contributed by atoms with E-state index in [1.54, 1.807) is 0 Å². The van der Waals surface area contributed by atoms with Crippen LogP contribution in [0, 0.1) is 5.92 Å². The summed E-state index contributed by atoms with van der Waals surface area (Å²) in [6, 6.07) is 0. The maximum absolute atomic E-state index is 12.3. The first-order valence-corrected chi connectivity index (χ1v) is 8.57. The van der Waals surface area contributed by atoms with E-state index in [9.17, 15) is 14.4 Å². The molecule has 1 fully saturated rings. The molecule has 0 aromatic rings. The highest BCUT2D eigenvalue weighted by atomic mass is 16.6. The Hall–Kier alpha value is -2.47. The van der Waals surface area contributed by atoms with E-state index in [0.29, 0.717) is 12.0 Å². The van der Waals surface area contributed by atoms with Crippen LogP contribution in [-0.4, -0.2) is 42.1 Å². The van der Waals surface area contributed by atoms with Crippen LogP contribution in [-0.2, 0) is 23.9 Å². The Morgan fingerprint density at radius 2 is 2.23 bits per heavy atom. The largest absolute Gasteiger partial charge is 0.458 e. The summed E-state index contributed by atoms with van der Waals surface area (Å²) in [6.07, 6.45) is 6.00. The molecule has 1 saturated heterocycles. The first-order chi connectivity index (χ1) is 12.4. The van der Waals surface area contributed by atoms with Gasteiger partial charge in [0, 0.05) is 17.6 Å². The highest BCUT2D eigenvalue weighted by Gasteiger charge is 2.44. The number of rotatable bonds is 4. The van der Waals surface area contributed by atoms with Gasteiger partial charge in [-0.15, -0.1) is 0 Å². The molecule has 26 heavy (non-hydrogen) atoms. The maximum Gasteiger partial charge on any atom is 0.334 e. The molecule has 6 heteroatoms. The standard InChI is InChI=1S/C20H24O6/c1-12-5-4-6-15(11-22)10-17(25-19(23)13(2)7-8-21)18-14(3)20(24)26-16(18)9-12/h6-7,9,11,16-18,21H,3-5,8,10H2,1-2H3/b12-9?,13-7+,15-6+/t16-,17-,18+/m1/s1. The van der Waals surface area contributed by atoms with Gasteiger partial charge in [0.15, 0.2) is 0 Å². The van der Waals surface area contributed by atoms with Gasteiger partial charge in [-0.25, -0.2) is 9.59 Å². The Labute approximate surface area is 152 Å². The number of carbonyl (C=O) groups excluding carboxylic acids is 3. The molecule has 1 aliphatic carbocycles. The van der Waals surface area contributed by atoms with Gasteiger partial charge in [0.25, 0.3) is 0 Å². The summed E-state index contributed by atoms with van der Waals surface area (Å²) in [4.78, 5) is 35.8. The number of hydrogen-bond donors (Lipinski definition) is 1. The Kier molecular flexibility index (Phi) is 6.69. The zero-order chi connectivity index (χ0) is 19.3. The predicted molar refractivity (Wildman–Crippen MR) is 95.0 cm³/mol. The summed E-state index contributed by atoms with van der Waals surface area (Å²) in [7, 11) is 0. The molecule has 0 aromatic heterocycles.